The first-order valence-corrected chi connectivity index (χ1v) is 3.84. The molecule has 0 N–H and O–H groups in total. The minimum Gasteiger partial charge on any atom is -0.459 e. The Hall–Kier alpha value is -1.01. The van der Waals surface area contributed by atoms with Gasteiger partial charge in [0.15, 0.2) is 0 Å². The highest BCUT2D eigenvalue weighted by Crippen LogP contribution is 2.16. The zero-order valence-corrected chi connectivity index (χ0v) is 6.62. The summed E-state index contributed by atoms with van der Waals surface area (Å²) in [7, 11) is 0. The summed E-state index contributed by atoms with van der Waals surface area (Å²) in [5.74, 6) is 0.409. The monoisotopic (exact) mass is 152 g/mol. The highest BCUT2D eigenvalue weighted by molar-refractivity contribution is 5.38. The molecule has 2 heteroatoms. The Kier molecular flexibility index (Phi) is 2.94. The van der Waals surface area contributed by atoms with E-state index in [1.807, 2.05) is 12.2 Å². The van der Waals surface area contributed by atoms with Gasteiger partial charge in [-0.25, -0.2) is 0 Å². The molecule has 2 nitrogen and oxygen atoms in total. The molecule has 0 aliphatic heterocycles. The zero-order valence-electron chi connectivity index (χ0n) is 6.62. The third-order valence-corrected chi connectivity index (χ3v) is 1.92. The summed E-state index contributed by atoms with van der Waals surface area (Å²) in [6.07, 6.45) is 5.79. The Labute approximate surface area is 66.5 Å². The first-order valence-electron chi connectivity index (χ1n) is 3.84. The second kappa shape index (κ2) is 3.99. The van der Waals surface area contributed by atoms with E-state index in [2.05, 4.69) is 12.7 Å². The largest absolute Gasteiger partial charge is 0.459 e. The van der Waals surface area contributed by atoms with Gasteiger partial charge >= 0.3 is 0 Å². The van der Waals surface area contributed by atoms with Gasteiger partial charge in [0.25, 0.3) is 6.47 Å². The van der Waals surface area contributed by atoms with Crippen molar-refractivity contribution in [3.63, 3.8) is 0 Å². The maximum absolute atomic E-state index is 10.1. The summed E-state index contributed by atoms with van der Waals surface area (Å²) < 4.78 is 4.86. The highest BCUT2D eigenvalue weighted by Gasteiger charge is 2.15. The van der Waals surface area contributed by atoms with Crippen LogP contribution in [-0.2, 0) is 9.53 Å². The molecule has 0 amide bonds. The van der Waals surface area contributed by atoms with E-state index in [9.17, 15) is 4.79 Å². The standard InChI is InChI=1S/C9H12O2/c1-8-5-3-2-4-6-9(8)11-7-10/h2,6-9H,3,5H2,1H3/t8?,9-/m0/s1. The molecule has 0 radical (unpaired) electrons. The quantitative estimate of drug-likeness (QED) is 0.444. The van der Waals surface area contributed by atoms with Crippen molar-refractivity contribution in [2.75, 3.05) is 0 Å². The van der Waals surface area contributed by atoms with Gasteiger partial charge in [-0.15, -0.1) is 5.73 Å². The third kappa shape index (κ3) is 2.24. The van der Waals surface area contributed by atoms with Gasteiger partial charge in [-0.05, 0) is 30.9 Å². The maximum atomic E-state index is 10.1. The number of hydrogen-bond donors (Lipinski definition) is 0. The molecule has 0 spiro atoms. The normalized spacial score (nSPS) is 29.5. The molecule has 0 heterocycles. The summed E-state index contributed by atoms with van der Waals surface area (Å²) in [5.41, 5.74) is 2.98. The van der Waals surface area contributed by atoms with Crippen molar-refractivity contribution < 1.29 is 9.53 Å². The average molecular weight is 152 g/mol. The van der Waals surface area contributed by atoms with Crippen LogP contribution in [0.1, 0.15) is 19.8 Å². The molecule has 60 valence electrons. The lowest BCUT2D eigenvalue weighted by Gasteiger charge is -2.15. The van der Waals surface area contributed by atoms with Gasteiger partial charge in [0.1, 0.15) is 6.10 Å². The van der Waals surface area contributed by atoms with Gasteiger partial charge in [0, 0.05) is 0 Å². The fourth-order valence-electron chi connectivity index (χ4n) is 1.16. The van der Waals surface area contributed by atoms with Crippen LogP contribution >= 0.6 is 0 Å². The average Bonchev–Trinajstić information content (AvgIpc) is 2.18. The van der Waals surface area contributed by atoms with E-state index in [1.54, 1.807) is 0 Å². The van der Waals surface area contributed by atoms with E-state index >= 15 is 0 Å². The van der Waals surface area contributed by atoms with Crippen LogP contribution in [0.4, 0.5) is 0 Å². The van der Waals surface area contributed by atoms with Crippen molar-refractivity contribution in [1.82, 2.24) is 0 Å². The molecule has 0 aromatic heterocycles. The van der Waals surface area contributed by atoms with Crippen molar-refractivity contribution in [3.05, 3.63) is 17.9 Å². The van der Waals surface area contributed by atoms with Crippen LogP contribution < -0.4 is 0 Å². The Morgan fingerprint density at radius 3 is 3.27 bits per heavy atom. The van der Waals surface area contributed by atoms with Crippen molar-refractivity contribution in [2.45, 2.75) is 25.9 Å². The molecule has 0 fully saturated rings. The molecule has 2 atom stereocenters. The Morgan fingerprint density at radius 2 is 2.55 bits per heavy atom. The van der Waals surface area contributed by atoms with Gasteiger partial charge in [-0.1, -0.05) is 6.92 Å². The minimum absolute atomic E-state index is 0.0775. The van der Waals surface area contributed by atoms with E-state index < -0.39 is 0 Å². The molecule has 0 aromatic carbocycles. The summed E-state index contributed by atoms with van der Waals surface area (Å²) in [6, 6.07) is 0. The molecule has 1 rings (SSSR count). The number of carbonyl (C=O) groups excluding carboxylic acids is 1. The summed E-state index contributed by atoms with van der Waals surface area (Å²) in [6.45, 7) is 2.58. The number of hydrogen-bond acceptors (Lipinski definition) is 2. The molecular weight excluding hydrogens is 140 g/mol. The van der Waals surface area contributed by atoms with Crippen LogP contribution in [0.2, 0.25) is 0 Å². The van der Waals surface area contributed by atoms with Crippen LogP contribution in [0.5, 0.6) is 0 Å². The fourth-order valence-corrected chi connectivity index (χ4v) is 1.16. The van der Waals surface area contributed by atoms with Gasteiger partial charge in [0.2, 0.25) is 0 Å². The van der Waals surface area contributed by atoms with Gasteiger partial charge in [-0.3, -0.25) is 4.79 Å². The zero-order chi connectivity index (χ0) is 8.10. The van der Waals surface area contributed by atoms with Crippen molar-refractivity contribution in [1.29, 1.82) is 0 Å². The lowest BCUT2D eigenvalue weighted by molar-refractivity contribution is -0.133. The summed E-state index contributed by atoms with van der Waals surface area (Å²) >= 11 is 0. The fraction of sp³-hybridized carbons (Fsp3) is 0.556. The van der Waals surface area contributed by atoms with Crippen molar-refractivity contribution >= 4 is 6.47 Å². The van der Waals surface area contributed by atoms with Crippen LogP contribution in [-0.4, -0.2) is 12.6 Å². The third-order valence-electron chi connectivity index (χ3n) is 1.92. The number of carbonyl (C=O) groups is 1. The summed E-state index contributed by atoms with van der Waals surface area (Å²) in [5, 5.41) is 0. The molecular formula is C9H12O2. The lowest BCUT2D eigenvalue weighted by atomic mass is 10.0. The van der Waals surface area contributed by atoms with Crippen LogP contribution in [0, 0.1) is 5.92 Å². The maximum Gasteiger partial charge on any atom is 0.293 e. The van der Waals surface area contributed by atoms with E-state index in [1.165, 1.54) is 0 Å². The van der Waals surface area contributed by atoms with E-state index in [0.29, 0.717) is 12.4 Å². The molecule has 1 aliphatic carbocycles. The number of rotatable bonds is 2. The first kappa shape index (κ1) is 8.09. The van der Waals surface area contributed by atoms with E-state index in [4.69, 9.17) is 4.74 Å². The van der Waals surface area contributed by atoms with Gasteiger partial charge in [-0.2, -0.15) is 0 Å². The van der Waals surface area contributed by atoms with Crippen molar-refractivity contribution in [3.8, 4) is 0 Å². The second-order valence-electron chi connectivity index (χ2n) is 2.79. The second-order valence-corrected chi connectivity index (χ2v) is 2.79. The Morgan fingerprint density at radius 1 is 1.73 bits per heavy atom. The predicted octanol–water partition coefficient (Wildman–Crippen LogP) is 1.67. The SMILES string of the molecule is CC1CCC=C=C[C@@H]1OC=O. The van der Waals surface area contributed by atoms with Crippen LogP contribution in [0.3, 0.4) is 0 Å². The topological polar surface area (TPSA) is 26.3 Å². The predicted molar refractivity (Wildman–Crippen MR) is 42.0 cm³/mol. The Balaban J connectivity index is 2.58. The smallest absolute Gasteiger partial charge is 0.293 e. The molecule has 11 heavy (non-hydrogen) atoms. The molecule has 0 saturated heterocycles. The molecule has 0 saturated carbocycles. The minimum atomic E-state index is -0.0775. The van der Waals surface area contributed by atoms with Crippen LogP contribution in [0.15, 0.2) is 17.9 Å². The molecule has 1 unspecified atom stereocenters. The Bertz CT molecular complexity index is 190. The van der Waals surface area contributed by atoms with E-state index in [-0.39, 0.29) is 6.10 Å². The van der Waals surface area contributed by atoms with Gasteiger partial charge in [0.05, 0.1) is 0 Å². The molecule has 0 bridgehead atoms. The van der Waals surface area contributed by atoms with E-state index in [0.717, 1.165) is 12.8 Å². The molecule has 1 aliphatic rings. The lowest BCUT2D eigenvalue weighted by Crippen LogP contribution is -2.17. The highest BCUT2D eigenvalue weighted by atomic mass is 16.5. The molecule has 0 aromatic rings. The van der Waals surface area contributed by atoms with Gasteiger partial charge < -0.3 is 4.74 Å². The van der Waals surface area contributed by atoms with Crippen LogP contribution in [0.25, 0.3) is 0 Å². The van der Waals surface area contributed by atoms with Crippen molar-refractivity contribution in [2.24, 2.45) is 5.92 Å². The number of ether oxygens (including phenoxy) is 1. The first-order chi connectivity index (χ1) is 5.34. The summed E-state index contributed by atoms with van der Waals surface area (Å²) in [4.78, 5) is 10.1.